The van der Waals surface area contributed by atoms with Gasteiger partial charge in [0.2, 0.25) is 0 Å². The first-order valence-electron chi connectivity index (χ1n) is 5.41. The van der Waals surface area contributed by atoms with E-state index in [1.54, 1.807) is 0 Å². The van der Waals surface area contributed by atoms with Crippen LogP contribution in [-0.2, 0) is 4.79 Å². The van der Waals surface area contributed by atoms with Crippen molar-refractivity contribution in [2.45, 2.75) is 25.6 Å². The van der Waals surface area contributed by atoms with Crippen molar-refractivity contribution in [3.05, 3.63) is 0 Å². The van der Waals surface area contributed by atoms with Crippen molar-refractivity contribution >= 4 is 13.1 Å². The van der Waals surface area contributed by atoms with Crippen LogP contribution in [0.3, 0.4) is 0 Å². The number of hydrogen-bond acceptors (Lipinski definition) is 4. The summed E-state index contributed by atoms with van der Waals surface area (Å²) in [6.07, 6.45) is 2.39. The van der Waals surface area contributed by atoms with Crippen LogP contribution in [0.5, 0.6) is 0 Å². The zero-order valence-corrected chi connectivity index (χ0v) is 8.72. The predicted molar refractivity (Wildman–Crippen MR) is 56.3 cm³/mol. The monoisotopic (exact) mass is 215 g/mol. The molecule has 4 N–H and O–H groups in total. The summed E-state index contributed by atoms with van der Waals surface area (Å²) in [6.45, 7) is 1.48. The van der Waals surface area contributed by atoms with E-state index in [0.29, 0.717) is 19.2 Å². The van der Waals surface area contributed by atoms with Gasteiger partial charge in [-0.25, -0.2) is 0 Å². The molecule has 1 heterocycles. The summed E-state index contributed by atoms with van der Waals surface area (Å²) in [5.74, 6) is -0.886. The third kappa shape index (κ3) is 4.19. The Hall–Kier alpha value is -0.585. The third-order valence-corrected chi connectivity index (χ3v) is 2.96. The molecule has 0 amide bonds. The van der Waals surface area contributed by atoms with Gasteiger partial charge in [-0.1, -0.05) is 6.42 Å². The van der Waals surface area contributed by atoms with Gasteiger partial charge in [-0.3, -0.25) is 4.79 Å². The Morgan fingerprint density at radius 2 is 2.20 bits per heavy atom. The average Bonchev–Trinajstić information content (AvgIpc) is 2.17. The van der Waals surface area contributed by atoms with E-state index in [9.17, 15) is 4.79 Å². The number of carbonyl (C=O) groups is 1. The smallest absolute Gasteiger partial charge is 0.451 e. The molecule has 0 spiro atoms. The predicted octanol–water partition coefficient (Wildman–Crippen LogP) is -0.450. The number of rotatable bonds is 5. The molecule has 5 nitrogen and oxygen atoms in total. The summed E-state index contributed by atoms with van der Waals surface area (Å²) < 4.78 is 0. The van der Waals surface area contributed by atoms with Gasteiger partial charge in [-0.05, 0) is 38.2 Å². The maximum atomic E-state index is 10.9. The van der Waals surface area contributed by atoms with Crippen LogP contribution in [0.1, 0.15) is 19.3 Å². The highest BCUT2D eigenvalue weighted by Gasteiger charge is 2.30. The van der Waals surface area contributed by atoms with Gasteiger partial charge in [0.15, 0.2) is 0 Å². The molecule has 1 saturated heterocycles. The largest absolute Gasteiger partial charge is 0.481 e. The highest BCUT2D eigenvalue weighted by atomic mass is 16.4. The van der Waals surface area contributed by atoms with E-state index in [4.69, 9.17) is 15.2 Å². The van der Waals surface area contributed by atoms with Gasteiger partial charge in [-0.15, -0.1) is 0 Å². The number of hydrogen-bond donors (Lipinski definition) is 4. The number of carboxylic acids is 1. The van der Waals surface area contributed by atoms with Gasteiger partial charge in [0.1, 0.15) is 0 Å². The van der Waals surface area contributed by atoms with Crippen LogP contribution in [0.4, 0.5) is 0 Å². The normalized spacial score (nSPS) is 26.3. The second-order valence-electron chi connectivity index (χ2n) is 4.11. The molecule has 0 radical (unpaired) electrons. The third-order valence-electron chi connectivity index (χ3n) is 2.96. The van der Waals surface area contributed by atoms with E-state index in [-0.39, 0.29) is 11.8 Å². The van der Waals surface area contributed by atoms with Gasteiger partial charge < -0.3 is 20.5 Å². The quantitative estimate of drug-likeness (QED) is 0.466. The molecule has 0 aliphatic carbocycles. The first kappa shape index (κ1) is 12.5. The summed E-state index contributed by atoms with van der Waals surface area (Å²) >= 11 is 0. The minimum atomic E-state index is -1.27. The highest BCUT2D eigenvalue weighted by Crippen LogP contribution is 2.24. The lowest BCUT2D eigenvalue weighted by atomic mass is 9.78. The molecule has 6 heteroatoms. The summed E-state index contributed by atoms with van der Waals surface area (Å²) in [4.78, 5) is 10.9. The van der Waals surface area contributed by atoms with Crippen molar-refractivity contribution in [2.75, 3.05) is 13.1 Å². The van der Waals surface area contributed by atoms with E-state index in [1.165, 1.54) is 0 Å². The average molecular weight is 215 g/mol. The number of nitrogens with one attached hydrogen (secondary N) is 1. The van der Waals surface area contributed by atoms with Crippen molar-refractivity contribution in [1.82, 2.24) is 5.32 Å². The Morgan fingerprint density at radius 3 is 2.80 bits per heavy atom. The van der Waals surface area contributed by atoms with Crippen molar-refractivity contribution in [3.8, 4) is 0 Å². The molecular weight excluding hydrogens is 197 g/mol. The van der Waals surface area contributed by atoms with Gasteiger partial charge in [-0.2, -0.15) is 0 Å². The Bertz CT molecular complexity index is 212. The summed E-state index contributed by atoms with van der Waals surface area (Å²) in [7, 11) is -1.27. The molecule has 86 valence electrons. The lowest BCUT2D eigenvalue weighted by Crippen LogP contribution is -2.40. The molecule has 1 unspecified atom stereocenters. The first-order chi connectivity index (χ1) is 7.11. The first-order valence-corrected chi connectivity index (χ1v) is 5.41. The number of piperidine rings is 1. The topological polar surface area (TPSA) is 89.8 Å². The van der Waals surface area contributed by atoms with Crippen LogP contribution in [0, 0.1) is 11.8 Å². The summed E-state index contributed by atoms with van der Waals surface area (Å²) in [5, 5.41) is 29.5. The van der Waals surface area contributed by atoms with E-state index in [1.807, 2.05) is 0 Å². The van der Waals surface area contributed by atoms with Gasteiger partial charge >= 0.3 is 13.1 Å². The summed E-state index contributed by atoms with van der Waals surface area (Å²) in [5.41, 5.74) is 0. The van der Waals surface area contributed by atoms with Gasteiger partial charge in [0.25, 0.3) is 0 Å². The molecule has 15 heavy (non-hydrogen) atoms. The van der Waals surface area contributed by atoms with Crippen LogP contribution >= 0.6 is 0 Å². The molecule has 1 fully saturated rings. The standard InChI is InChI=1S/C9H18BNO4/c12-9(13)8-3-5-11-6-7(8)2-1-4-10(14)15/h7-8,11,14-15H,1-6H2,(H,12,13)/t7-,8?/m1/s1. The molecule has 2 atom stereocenters. The van der Waals surface area contributed by atoms with Crippen molar-refractivity contribution < 1.29 is 19.9 Å². The van der Waals surface area contributed by atoms with Crippen molar-refractivity contribution in [2.24, 2.45) is 11.8 Å². The molecule has 0 saturated carbocycles. The highest BCUT2D eigenvalue weighted by molar-refractivity contribution is 6.40. The zero-order valence-electron chi connectivity index (χ0n) is 8.72. The molecule has 0 aromatic carbocycles. The van der Waals surface area contributed by atoms with E-state index in [2.05, 4.69) is 5.32 Å². The Labute approximate surface area is 89.6 Å². The van der Waals surface area contributed by atoms with E-state index >= 15 is 0 Å². The lowest BCUT2D eigenvalue weighted by molar-refractivity contribution is -0.144. The maximum Gasteiger partial charge on any atom is 0.451 e. The van der Waals surface area contributed by atoms with Gasteiger partial charge in [0.05, 0.1) is 5.92 Å². The van der Waals surface area contributed by atoms with Gasteiger partial charge in [0, 0.05) is 0 Å². The Morgan fingerprint density at radius 1 is 1.47 bits per heavy atom. The van der Waals surface area contributed by atoms with Crippen LogP contribution < -0.4 is 5.32 Å². The maximum absolute atomic E-state index is 10.9. The molecule has 0 aromatic rings. The van der Waals surface area contributed by atoms with E-state index < -0.39 is 13.1 Å². The van der Waals surface area contributed by atoms with Crippen LogP contribution in [-0.4, -0.2) is 41.3 Å². The second-order valence-corrected chi connectivity index (χ2v) is 4.11. The SMILES string of the molecule is O=C(O)C1CCNC[C@H]1CCCB(O)O. The minimum absolute atomic E-state index is 0.120. The Kier molecular flexibility index (Phi) is 5.07. The van der Waals surface area contributed by atoms with Crippen molar-refractivity contribution in [1.29, 1.82) is 0 Å². The fourth-order valence-corrected chi connectivity index (χ4v) is 2.11. The number of aliphatic carboxylic acids is 1. The molecule has 1 aliphatic heterocycles. The van der Waals surface area contributed by atoms with Crippen LogP contribution in [0.15, 0.2) is 0 Å². The van der Waals surface area contributed by atoms with E-state index in [0.717, 1.165) is 19.5 Å². The summed E-state index contributed by atoms with van der Waals surface area (Å²) in [6, 6.07) is 0. The lowest BCUT2D eigenvalue weighted by Gasteiger charge is -2.29. The van der Waals surface area contributed by atoms with Crippen LogP contribution in [0.25, 0.3) is 0 Å². The molecule has 1 rings (SSSR count). The zero-order chi connectivity index (χ0) is 11.3. The fraction of sp³-hybridized carbons (Fsp3) is 0.889. The minimum Gasteiger partial charge on any atom is -0.481 e. The molecule has 1 aliphatic rings. The number of carboxylic acid groups (broad SMARTS) is 1. The Balaban J connectivity index is 2.33. The molecular formula is C9H18BNO4. The second kappa shape index (κ2) is 6.10. The molecule has 0 aromatic heterocycles. The fourth-order valence-electron chi connectivity index (χ4n) is 2.11. The van der Waals surface area contributed by atoms with Crippen molar-refractivity contribution in [3.63, 3.8) is 0 Å². The molecule has 0 bridgehead atoms. The van der Waals surface area contributed by atoms with Crippen LogP contribution in [0.2, 0.25) is 6.32 Å².